The molecule has 1 aromatic heterocycles. The van der Waals surface area contributed by atoms with Crippen molar-refractivity contribution >= 4 is 17.3 Å². The van der Waals surface area contributed by atoms with Crippen molar-refractivity contribution in [2.75, 3.05) is 11.9 Å². The first-order valence-corrected chi connectivity index (χ1v) is 5.93. The SMILES string of the molecule is Fc1cncc(F)c1NCCc1cccc(Cl)c1F. The van der Waals surface area contributed by atoms with Crippen molar-refractivity contribution in [1.82, 2.24) is 4.98 Å². The number of pyridine rings is 1. The molecule has 0 aliphatic carbocycles. The molecule has 0 radical (unpaired) electrons. The maximum atomic E-state index is 13.6. The second-order valence-corrected chi connectivity index (χ2v) is 4.28. The molecule has 2 rings (SSSR count). The summed E-state index contributed by atoms with van der Waals surface area (Å²) in [6, 6.07) is 4.63. The van der Waals surface area contributed by atoms with Crippen LogP contribution >= 0.6 is 11.6 Å². The Morgan fingerprint density at radius 1 is 1.11 bits per heavy atom. The fourth-order valence-corrected chi connectivity index (χ4v) is 1.84. The van der Waals surface area contributed by atoms with Crippen LogP contribution in [0.4, 0.5) is 18.9 Å². The molecule has 0 bridgehead atoms. The van der Waals surface area contributed by atoms with Crippen molar-refractivity contribution in [2.45, 2.75) is 6.42 Å². The minimum absolute atomic E-state index is 0.0266. The van der Waals surface area contributed by atoms with Crippen molar-refractivity contribution in [3.8, 4) is 0 Å². The van der Waals surface area contributed by atoms with Crippen molar-refractivity contribution < 1.29 is 13.2 Å². The Labute approximate surface area is 113 Å². The Bertz CT molecular complexity index is 570. The maximum absolute atomic E-state index is 13.6. The second-order valence-electron chi connectivity index (χ2n) is 3.87. The number of benzene rings is 1. The summed E-state index contributed by atoms with van der Waals surface area (Å²) in [7, 11) is 0. The van der Waals surface area contributed by atoms with Gasteiger partial charge in [0, 0.05) is 6.54 Å². The predicted molar refractivity (Wildman–Crippen MR) is 67.8 cm³/mol. The quantitative estimate of drug-likeness (QED) is 0.924. The van der Waals surface area contributed by atoms with Gasteiger partial charge in [0.25, 0.3) is 0 Å². The Morgan fingerprint density at radius 2 is 1.79 bits per heavy atom. The molecule has 0 fully saturated rings. The standard InChI is InChI=1S/C13H10ClF3N2/c14-9-3-1-2-8(12(9)17)4-5-19-13-10(15)6-18-7-11(13)16/h1-3,6-7H,4-5H2,(H,18,19). The fraction of sp³-hybridized carbons (Fsp3) is 0.154. The average molecular weight is 287 g/mol. The first kappa shape index (κ1) is 13.7. The molecule has 1 aromatic carbocycles. The number of hydrogen-bond donors (Lipinski definition) is 1. The molecule has 0 saturated heterocycles. The Hall–Kier alpha value is -1.75. The third-order valence-corrected chi connectivity index (χ3v) is 2.87. The van der Waals surface area contributed by atoms with Gasteiger partial charge in [-0.25, -0.2) is 13.2 Å². The van der Waals surface area contributed by atoms with Gasteiger partial charge < -0.3 is 5.32 Å². The van der Waals surface area contributed by atoms with Crippen LogP contribution < -0.4 is 5.32 Å². The highest BCUT2D eigenvalue weighted by Gasteiger charge is 2.09. The zero-order chi connectivity index (χ0) is 13.8. The largest absolute Gasteiger partial charge is 0.380 e. The van der Waals surface area contributed by atoms with Gasteiger partial charge in [0.05, 0.1) is 17.4 Å². The number of nitrogens with one attached hydrogen (secondary N) is 1. The Morgan fingerprint density at radius 3 is 2.47 bits per heavy atom. The highest BCUT2D eigenvalue weighted by molar-refractivity contribution is 6.30. The number of halogens is 4. The van der Waals surface area contributed by atoms with E-state index < -0.39 is 17.5 Å². The monoisotopic (exact) mass is 286 g/mol. The fourth-order valence-electron chi connectivity index (χ4n) is 1.64. The predicted octanol–water partition coefficient (Wildman–Crippen LogP) is 3.81. The molecule has 1 heterocycles. The summed E-state index contributed by atoms with van der Waals surface area (Å²) in [4.78, 5) is 3.37. The molecule has 0 unspecified atom stereocenters. The maximum Gasteiger partial charge on any atom is 0.167 e. The normalized spacial score (nSPS) is 10.5. The third kappa shape index (κ3) is 3.17. The van der Waals surface area contributed by atoms with Gasteiger partial charge in [-0.05, 0) is 18.1 Å². The van der Waals surface area contributed by atoms with Gasteiger partial charge in [-0.2, -0.15) is 0 Å². The van der Waals surface area contributed by atoms with Gasteiger partial charge in [-0.15, -0.1) is 0 Å². The van der Waals surface area contributed by atoms with E-state index in [1.165, 1.54) is 6.07 Å². The molecule has 0 saturated carbocycles. The van der Waals surface area contributed by atoms with Gasteiger partial charge in [0.15, 0.2) is 11.6 Å². The number of aromatic nitrogens is 1. The molecule has 0 amide bonds. The summed E-state index contributed by atoms with van der Waals surface area (Å²) in [5.41, 5.74) is 0.118. The van der Waals surface area contributed by atoms with Crippen molar-refractivity contribution in [2.24, 2.45) is 0 Å². The zero-order valence-electron chi connectivity index (χ0n) is 9.76. The summed E-state index contributed by atoms with van der Waals surface area (Å²) in [6.45, 7) is 0.176. The zero-order valence-corrected chi connectivity index (χ0v) is 10.5. The van der Waals surface area contributed by atoms with E-state index in [2.05, 4.69) is 10.3 Å². The van der Waals surface area contributed by atoms with E-state index in [1.807, 2.05) is 0 Å². The molecule has 19 heavy (non-hydrogen) atoms. The van der Waals surface area contributed by atoms with E-state index in [0.29, 0.717) is 5.56 Å². The number of rotatable bonds is 4. The van der Waals surface area contributed by atoms with Crippen LogP contribution in [0.25, 0.3) is 0 Å². The van der Waals surface area contributed by atoms with Gasteiger partial charge in [0.2, 0.25) is 0 Å². The first-order chi connectivity index (χ1) is 9.09. The second kappa shape index (κ2) is 5.93. The topological polar surface area (TPSA) is 24.9 Å². The van der Waals surface area contributed by atoms with E-state index in [9.17, 15) is 13.2 Å². The van der Waals surface area contributed by atoms with Crippen LogP contribution in [0, 0.1) is 17.5 Å². The van der Waals surface area contributed by atoms with Crippen LogP contribution in [0.2, 0.25) is 5.02 Å². The van der Waals surface area contributed by atoms with E-state index in [1.54, 1.807) is 12.1 Å². The summed E-state index contributed by atoms with van der Waals surface area (Å²) < 4.78 is 40.1. The smallest absolute Gasteiger partial charge is 0.167 e. The van der Waals surface area contributed by atoms with Gasteiger partial charge in [0.1, 0.15) is 11.5 Å². The van der Waals surface area contributed by atoms with E-state index in [4.69, 9.17) is 11.6 Å². The van der Waals surface area contributed by atoms with E-state index in [-0.39, 0.29) is 23.7 Å². The minimum Gasteiger partial charge on any atom is -0.380 e. The van der Waals surface area contributed by atoms with E-state index in [0.717, 1.165) is 12.4 Å². The van der Waals surface area contributed by atoms with Crippen molar-refractivity contribution in [3.05, 3.63) is 58.6 Å². The molecular weight excluding hydrogens is 277 g/mol. The molecule has 0 atom stereocenters. The van der Waals surface area contributed by atoms with Crippen molar-refractivity contribution in [1.29, 1.82) is 0 Å². The molecular formula is C13H10ClF3N2. The summed E-state index contributed by atoms with van der Waals surface area (Å²) in [6.07, 6.45) is 2.07. The van der Waals surface area contributed by atoms with Gasteiger partial charge in [-0.1, -0.05) is 23.7 Å². The first-order valence-electron chi connectivity index (χ1n) is 5.55. The lowest BCUT2D eigenvalue weighted by atomic mass is 10.1. The minimum atomic E-state index is -0.786. The van der Waals surface area contributed by atoms with Crippen LogP contribution in [0.15, 0.2) is 30.6 Å². The van der Waals surface area contributed by atoms with Crippen LogP contribution in [0.3, 0.4) is 0 Å². The highest BCUT2D eigenvalue weighted by Crippen LogP contribution is 2.19. The Kier molecular flexibility index (Phi) is 4.27. The molecule has 0 aliphatic rings. The molecule has 2 nitrogen and oxygen atoms in total. The van der Waals surface area contributed by atoms with E-state index >= 15 is 0 Å². The third-order valence-electron chi connectivity index (χ3n) is 2.58. The molecule has 2 aromatic rings. The van der Waals surface area contributed by atoms with Gasteiger partial charge in [-0.3, -0.25) is 4.98 Å². The number of nitrogens with zero attached hydrogens (tertiary/aromatic N) is 1. The summed E-state index contributed by atoms with van der Waals surface area (Å²) in [5, 5.41) is 2.60. The van der Waals surface area contributed by atoms with Crippen molar-refractivity contribution in [3.63, 3.8) is 0 Å². The molecule has 100 valence electrons. The number of hydrogen-bond acceptors (Lipinski definition) is 2. The average Bonchev–Trinajstić information content (AvgIpc) is 2.38. The van der Waals surface area contributed by atoms with Crippen LogP contribution in [-0.2, 0) is 6.42 Å². The molecule has 1 N–H and O–H groups in total. The molecule has 0 aliphatic heterocycles. The number of anilines is 1. The van der Waals surface area contributed by atoms with Crippen LogP contribution in [0.5, 0.6) is 0 Å². The van der Waals surface area contributed by atoms with Crippen LogP contribution in [0.1, 0.15) is 5.56 Å². The van der Waals surface area contributed by atoms with Crippen LogP contribution in [-0.4, -0.2) is 11.5 Å². The lowest BCUT2D eigenvalue weighted by molar-refractivity contribution is 0.577. The molecule has 6 heteroatoms. The van der Waals surface area contributed by atoms with Gasteiger partial charge >= 0.3 is 0 Å². The lowest BCUT2D eigenvalue weighted by Crippen LogP contribution is -2.09. The summed E-state index contributed by atoms with van der Waals surface area (Å²) in [5.74, 6) is -2.08. The molecule has 0 spiro atoms. The summed E-state index contributed by atoms with van der Waals surface area (Å²) >= 11 is 5.64. The lowest BCUT2D eigenvalue weighted by Gasteiger charge is -2.09. The Balaban J connectivity index is 2.03. The highest BCUT2D eigenvalue weighted by atomic mass is 35.5.